The standard InChI is InChI=1S/C14H14ClF3N4O/c1-22(7-12-19-4-5-20-12)8-13(23)21-9-2-3-11(15)10(6-9)14(16,17)18/h2-6H,7-8H2,1H3,(H,19,20)(H,21,23). The lowest BCUT2D eigenvalue weighted by Crippen LogP contribution is -2.30. The number of benzene rings is 1. The first-order chi connectivity index (χ1) is 10.8. The van der Waals surface area contributed by atoms with Gasteiger partial charge in [0.2, 0.25) is 5.91 Å². The molecular weight excluding hydrogens is 333 g/mol. The number of carbonyl (C=O) groups is 1. The molecule has 0 bridgehead atoms. The number of aromatic amines is 1. The molecule has 2 N–H and O–H groups in total. The molecule has 0 atom stereocenters. The normalized spacial score (nSPS) is 11.7. The summed E-state index contributed by atoms with van der Waals surface area (Å²) in [6.07, 6.45) is -1.32. The molecule has 2 aromatic rings. The van der Waals surface area contributed by atoms with Crippen molar-refractivity contribution in [2.45, 2.75) is 12.7 Å². The smallest absolute Gasteiger partial charge is 0.348 e. The minimum absolute atomic E-state index is 0.00464. The minimum Gasteiger partial charge on any atom is -0.348 e. The van der Waals surface area contributed by atoms with Gasteiger partial charge in [-0.15, -0.1) is 0 Å². The van der Waals surface area contributed by atoms with E-state index >= 15 is 0 Å². The number of hydrogen-bond acceptors (Lipinski definition) is 3. The Morgan fingerprint density at radius 1 is 1.43 bits per heavy atom. The zero-order chi connectivity index (χ0) is 17.0. The monoisotopic (exact) mass is 346 g/mol. The largest absolute Gasteiger partial charge is 0.417 e. The Bertz CT molecular complexity index is 673. The van der Waals surface area contributed by atoms with Crippen molar-refractivity contribution in [3.63, 3.8) is 0 Å². The van der Waals surface area contributed by atoms with Crippen LogP contribution in [0.4, 0.5) is 18.9 Å². The summed E-state index contributed by atoms with van der Waals surface area (Å²) >= 11 is 5.53. The fraction of sp³-hybridized carbons (Fsp3) is 0.286. The van der Waals surface area contributed by atoms with Gasteiger partial charge in [0.05, 0.1) is 23.7 Å². The second-order valence-corrected chi connectivity index (χ2v) is 5.36. The predicted molar refractivity (Wildman–Crippen MR) is 80.0 cm³/mol. The highest BCUT2D eigenvalue weighted by molar-refractivity contribution is 6.31. The van der Waals surface area contributed by atoms with E-state index in [0.717, 1.165) is 12.1 Å². The number of hydrogen-bond donors (Lipinski definition) is 2. The van der Waals surface area contributed by atoms with Crippen LogP contribution < -0.4 is 5.32 Å². The summed E-state index contributed by atoms with van der Waals surface area (Å²) in [5.41, 5.74) is -0.945. The van der Waals surface area contributed by atoms with Crippen molar-refractivity contribution in [3.8, 4) is 0 Å². The van der Waals surface area contributed by atoms with Gasteiger partial charge >= 0.3 is 6.18 Å². The van der Waals surface area contributed by atoms with Crippen LogP contribution in [-0.2, 0) is 17.5 Å². The molecule has 5 nitrogen and oxygen atoms in total. The first-order valence-electron chi connectivity index (χ1n) is 6.59. The van der Waals surface area contributed by atoms with E-state index in [4.69, 9.17) is 11.6 Å². The van der Waals surface area contributed by atoms with Crippen molar-refractivity contribution < 1.29 is 18.0 Å². The number of likely N-dealkylation sites (N-methyl/N-ethyl adjacent to an activating group) is 1. The summed E-state index contributed by atoms with van der Waals surface area (Å²) in [5, 5.41) is 2.01. The zero-order valence-electron chi connectivity index (χ0n) is 12.1. The number of imidazole rings is 1. The van der Waals surface area contributed by atoms with Crippen LogP contribution >= 0.6 is 11.6 Å². The van der Waals surface area contributed by atoms with E-state index < -0.39 is 22.7 Å². The van der Waals surface area contributed by atoms with Crippen molar-refractivity contribution in [2.24, 2.45) is 0 Å². The average Bonchev–Trinajstić information content (AvgIpc) is 2.92. The van der Waals surface area contributed by atoms with E-state index in [-0.39, 0.29) is 12.2 Å². The van der Waals surface area contributed by atoms with Crippen LogP contribution in [0, 0.1) is 0 Å². The predicted octanol–water partition coefficient (Wildman–Crippen LogP) is 3.15. The summed E-state index contributed by atoms with van der Waals surface area (Å²) in [6, 6.07) is 3.24. The SMILES string of the molecule is CN(CC(=O)Nc1ccc(Cl)c(C(F)(F)F)c1)Cc1ncc[nH]1. The molecular formula is C14H14ClF3N4O. The quantitative estimate of drug-likeness (QED) is 0.874. The van der Waals surface area contributed by atoms with E-state index in [0.29, 0.717) is 12.4 Å². The topological polar surface area (TPSA) is 61.0 Å². The molecule has 9 heteroatoms. The molecule has 1 amide bonds. The van der Waals surface area contributed by atoms with E-state index in [9.17, 15) is 18.0 Å². The van der Waals surface area contributed by atoms with Crippen molar-refractivity contribution in [2.75, 3.05) is 18.9 Å². The number of rotatable bonds is 5. The molecule has 2 rings (SSSR count). The number of H-pyrrole nitrogens is 1. The summed E-state index contributed by atoms with van der Waals surface area (Å²) in [6.45, 7) is 0.416. The highest BCUT2D eigenvalue weighted by Crippen LogP contribution is 2.36. The Labute approximate surface area is 135 Å². The zero-order valence-corrected chi connectivity index (χ0v) is 12.9. The molecule has 0 aliphatic carbocycles. The third-order valence-corrected chi connectivity index (χ3v) is 3.27. The molecule has 0 aliphatic heterocycles. The van der Waals surface area contributed by atoms with Crippen LogP contribution in [0.2, 0.25) is 5.02 Å². The van der Waals surface area contributed by atoms with Crippen LogP contribution in [0.15, 0.2) is 30.6 Å². The minimum atomic E-state index is -4.58. The van der Waals surface area contributed by atoms with E-state index in [1.807, 2.05) is 0 Å². The molecule has 0 fully saturated rings. The molecule has 124 valence electrons. The van der Waals surface area contributed by atoms with Gasteiger partial charge in [0.15, 0.2) is 0 Å². The molecule has 0 unspecified atom stereocenters. The van der Waals surface area contributed by atoms with Gasteiger partial charge in [0.1, 0.15) is 5.82 Å². The van der Waals surface area contributed by atoms with Crippen molar-refractivity contribution >= 4 is 23.2 Å². The molecule has 0 aliphatic rings. The van der Waals surface area contributed by atoms with Gasteiger partial charge in [0, 0.05) is 18.1 Å². The third-order valence-electron chi connectivity index (χ3n) is 2.94. The number of anilines is 1. The highest BCUT2D eigenvalue weighted by Gasteiger charge is 2.33. The Morgan fingerprint density at radius 3 is 2.78 bits per heavy atom. The number of alkyl halides is 3. The van der Waals surface area contributed by atoms with Crippen LogP contribution in [0.25, 0.3) is 0 Å². The lowest BCUT2D eigenvalue weighted by atomic mass is 10.2. The fourth-order valence-corrected chi connectivity index (χ4v) is 2.19. The molecule has 0 spiro atoms. The Balaban J connectivity index is 1.97. The van der Waals surface area contributed by atoms with Gasteiger partial charge in [-0.05, 0) is 25.2 Å². The lowest BCUT2D eigenvalue weighted by Gasteiger charge is -2.16. The number of nitrogens with zero attached hydrogens (tertiary/aromatic N) is 2. The number of nitrogens with one attached hydrogen (secondary N) is 2. The average molecular weight is 347 g/mol. The van der Waals surface area contributed by atoms with Crippen molar-refractivity contribution in [3.05, 3.63) is 47.0 Å². The second-order valence-electron chi connectivity index (χ2n) is 4.95. The van der Waals surface area contributed by atoms with Gasteiger partial charge in [-0.1, -0.05) is 11.6 Å². The van der Waals surface area contributed by atoms with Crippen LogP contribution in [0.3, 0.4) is 0 Å². The molecule has 1 heterocycles. The Kier molecular flexibility index (Phi) is 5.27. The van der Waals surface area contributed by atoms with Gasteiger partial charge in [-0.3, -0.25) is 9.69 Å². The first-order valence-corrected chi connectivity index (χ1v) is 6.97. The van der Waals surface area contributed by atoms with E-state index in [1.54, 1.807) is 24.3 Å². The Morgan fingerprint density at radius 2 is 2.17 bits per heavy atom. The molecule has 0 radical (unpaired) electrons. The Hall–Kier alpha value is -2.06. The number of amides is 1. The van der Waals surface area contributed by atoms with Crippen LogP contribution in [-0.4, -0.2) is 34.4 Å². The number of carbonyl (C=O) groups excluding carboxylic acids is 1. The summed E-state index contributed by atoms with van der Waals surface area (Å²) in [4.78, 5) is 20.5. The van der Waals surface area contributed by atoms with E-state index in [2.05, 4.69) is 15.3 Å². The van der Waals surface area contributed by atoms with Gasteiger partial charge in [-0.2, -0.15) is 13.2 Å². The first kappa shape index (κ1) is 17.3. The molecule has 23 heavy (non-hydrogen) atoms. The molecule has 0 saturated carbocycles. The van der Waals surface area contributed by atoms with Crippen LogP contribution in [0.1, 0.15) is 11.4 Å². The summed E-state index contributed by atoms with van der Waals surface area (Å²) in [7, 11) is 1.70. The number of halogens is 4. The maximum Gasteiger partial charge on any atom is 0.417 e. The molecule has 1 aromatic carbocycles. The van der Waals surface area contributed by atoms with Crippen LogP contribution in [0.5, 0.6) is 0 Å². The second kappa shape index (κ2) is 7.01. The van der Waals surface area contributed by atoms with Gasteiger partial charge in [0.25, 0.3) is 0 Å². The molecule has 0 saturated heterocycles. The fourth-order valence-electron chi connectivity index (χ4n) is 1.96. The number of aromatic nitrogens is 2. The maximum atomic E-state index is 12.8. The van der Waals surface area contributed by atoms with E-state index in [1.165, 1.54) is 6.07 Å². The summed E-state index contributed by atoms with van der Waals surface area (Å²) in [5.74, 6) is 0.251. The third kappa shape index (κ3) is 4.97. The maximum absolute atomic E-state index is 12.8. The van der Waals surface area contributed by atoms with Crippen molar-refractivity contribution in [1.29, 1.82) is 0 Å². The van der Waals surface area contributed by atoms with Gasteiger partial charge in [-0.25, -0.2) is 4.98 Å². The molecule has 1 aromatic heterocycles. The lowest BCUT2D eigenvalue weighted by molar-refractivity contribution is -0.137. The summed E-state index contributed by atoms with van der Waals surface area (Å²) < 4.78 is 38.3. The van der Waals surface area contributed by atoms with Crippen molar-refractivity contribution in [1.82, 2.24) is 14.9 Å². The highest BCUT2D eigenvalue weighted by atomic mass is 35.5. The van der Waals surface area contributed by atoms with Gasteiger partial charge < -0.3 is 10.3 Å².